The highest BCUT2D eigenvalue weighted by molar-refractivity contribution is 7.13. The Morgan fingerprint density at radius 1 is 0.966 bits per heavy atom. The van der Waals surface area contributed by atoms with Crippen molar-refractivity contribution in [3.8, 4) is 16.8 Å². The molecule has 0 spiro atoms. The zero-order valence-corrected chi connectivity index (χ0v) is 17.3. The molecule has 29 heavy (non-hydrogen) atoms. The lowest BCUT2D eigenvalue weighted by atomic mass is 10.0. The van der Waals surface area contributed by atoms with Gasteiger partial charge >= 0.3 is 0 Å². The Bertz CT molecular complexity index is 1060. The summed E-state index contributed by atoms with van der Waals surface area (Å²) in [7, 11) is 0. The fourth-order valence-electron chi connectivity index (χ4n) is 3.41. The maximum atomic E-state index is 13.0. The van der Waals surface area contributed by atoms with Crippen molar-refractivity contribution >= 4 is 17.2 Å². The Kier molecular flexibility index (Phi) is 5.92. The van der Waals surface area contributed by atoms with Gasteiger partial charge in [0.1, 0.15) is 4.88 Å². The van der Waals surface area contributed by atoms with Crippen molar-refractivity contribution in [2.45, 2.75) is 19.8 Å². The second kappa shape index (κ2) is 8.93. The molecule has 2 aromatic carbocycles. The molecule has 0 atom stereocenters. The van der Waals surface area contributed by atoms with Gasteiger partial charge in [-0.25, -0.2) is 0 Å². The molecule has 0 radical (unpaired) electrons. The molecule has 2 heterocycles. The average molecular weight is 401 g/mol. The van der Waals surface area contributed by atoms with E-state index in [0.717, 1.165) is 34.5 Å². The number of nitrogens with zero attached hydrogens (tertiary/aromatic N) is 1. The van der Waals surface area contributed by atoms with E-state index in [1.54, 1.807) is 0 Å². The molecule has 0 aliphatic carbocycles. The minimum atomic E-state index is -0.00915. The van der Waals surface area contributed by atoms with Gasteiger partial charge in [0.25, 0.3) is 5.91 Å². The van der Waals surface area contributed by atoms with E-state index in [2.05, 4.69) is 66.2 Å². The maximum absolute atomic E-state index is 13.0. The lowest BCUT2D eigenvalue weighted by Gasteiger charge is -2.10. The molecule has 4 aromatic rings. The third kappa shape index (κ3) is 4.49. The number of hydrogen-bond donors (Lipinski definition) is 1. The number of amides is 1. The number of aromatic nitrogens is 1. The lowest BCUT2D eigenvalue weighted by molar-refractivity contribution is 0.0957. The summed E-state index contributed by atoms with van der Waals surface area (Å²) in [5, 5.41) is 5.19. The highest BCUT2D eigenvalue weighted by atomic mass is 32.1. The number of nitrogens with one attached hydrogen (secondary N) is 1. The van der Waals surface area contributed by atoms with E-state index < -0.39 is 0 Å². The fraction of sp³-hybridized carbons (Fsp3) is 0.160. The van der Waals surface area contributed by atoms with Gasteiger partial charge in [0.2, 0.25) is 0 Å². The molecule has 3 nitrogen and oxygen atoms in total. The van der Waals surface area contributed by atoms with Crippen molar-refractivity contribution in [2.24, 2.45) is 0 Å². The van der Waals surface area contributed by atoms with Crippen LogP contribution in [-0.4, -0.2) is 17.0 Å². The third-order valence-electron chi connectivity index (χ3n) is 4.97. The summed E-state index contributed by atoms with van der Waals surface area (Å²) in [6, 6.07) is 22.8. The number of thiophene rings is 1. The Hall–Kier alpha value is -3.11. The molecule has 1 amide bonds. The molecule has 0 aliphatic heterocycles. The molecular formula is C25H24N2OS. The maximum Gasteiger partial charge on any atom is 0.263 e. The summed E-state index contributed by atoms with van der Waals surface area (Å²) in [5.41, 5.74) is 5.68. The number of aryl methyl sites for hydroxylation is 2. The van der Waals surface area contributed by atoms with E-state index in [-0.39, 0.29) is 5.91 Å². The minimum absolute atomic E-state index is 0.00915. The van der Waals surface area contributed by atoms with Crippen LogP contribution in [0.1, 0.15) is 27.2 Å². The van der Waals surface area contributed by atoms with Crippen LogP contribution in [0.5, 0.6) is 0 Å². The first-order valence-electron chi connectivity index (χ1n) is 9.86. The highest BCUT2D eigenvalue weighted by Crippen LogP contribution is 2.35. The Labute approximate surface area is 175 Å². The van der Waals surface area contributed by atoms with Gasteiger partial charge in [-0.3, -0.25) is 4.79 Å². The molecule has 4 heteroatoms. The number of carbonyl (C=O) groups is 1. The van der Waals surface area contributed by atoms with Crippen molar-refractivity contribution < 1.29 is 4.79 Å². The van der Waals surface area contributed by atoms with Gasteiger partial charge in [0.15, 0.2) is 0 Å². The smallest absolute Gasteiger partial charge is 0.263 e. The first-order valence-corrected chi connectivity index (χ1v) is 10.7. The zero-order chi connectivity index (χ0) is 20.1. The van der Waals surface area contributed by atoms with Crippen molar-refractivity contribution in [2.75, 3.05) is 6.54 Å². The zero-order valence-electron chi connectivity index (χ0n) is 16.5. The van der Waals surface area contributed by atoms with Gasteiger partial charge in [-0.05, 0) is 43.0 Å². The SMILES string of the molecule is Cc1ccc(-c2csc(C(=O)NCCCc3ccccc3)c2-n2cccc2)cc1. The van der Waals surface area contributed by atoms with E-state index >= 15 is 0 Å². The monoisotopic (exact) mass is 400 g/mol. The van der Waals surface area contributed by atoms with Crippen molar-refractivity contribution in [1.82, 2.24) is 9.88 Å². The van der Waals surface area contributed by atoms with E-state index in [4.69, 9.17) is 0 Å². The molecule has 0 saturated carbocycles. The summed E-state index contributed by atoms with van der Waals surface area (Å²) in [6.07, 6.45) is 5.87. The molecule has 4 rings (SSSR count). The van der Waals surface area contributed by atoms with Gasteiger partial charge in [-0.2, -0.15) is 0 Å². The molecule has 1 N–H and O–H groups in total. The lowest BCUT2D eigenvalue weighted by Crippen LogP contribution is -2.25. The Morgan fingerprint density at radius 2 is 1.69 bits per heavy atom. The Morgan fingerprint density at radius 3 is 2.41 bits per heavy atom. The molecule has 0 bridgehead atoms. The average Bonchev–Trinajstić information content (AvgIpc) is 3.42. The molecule has 0 fully saturated rings. The van der Waals surface area contributed by atoms with Crippen LogP contribution >= 0.6 is 11.3 Å². The van der Waals surface area contributed by atoms with E-state index in [9.17, 15) is 4.79 Å². The van der Waals surface area contributed by atoms with Crippen molar-refractivity contribution in [1.29, 1.82) is 0 Å². The third-order valence-corrected chi connectivity index (χ3v) is 5.93. The molecule has 0 unspecified atom stereocenters. The van der Waals surface area contributed by atoms with Crippen LogP contribution in [0.25, 0.3) is 16.8 Å². The quantitative estimate of drug-likeness (QED) is 0.386. The normalized spacial score (nSPS) is 10.8. The van der Waals surface area contributed by atoms with Gasteiger partial charge < -0.3 is 9.88 Å². The molecule has 0 saturated heterocycles. The molecule has 2 aromatic heterocycles. The van der Waals surface area contributed by atoms with Crippen LogP contribution in [0.15, 0.2) is 84.5 Å². The van der Waals surface area contributed by atoms with Crippen molar-refractivity contribution in [3.63, 3.8) is 0 Å². The van der Waals surface area contributed by atoms with Gasteiger partial charge in [0, 0.05) is 29.9 Å². The van der Waals surface area contributed by atoms with Gasteiger partial charge in [0.05, 0.1) is 5.69 Å². The van der Waals surface area contributed by atoms with E-state index in [1.165, 1.54) is 22.5 Å². The van der Waals surface area contributed by atoms with E-state index in [0.29, 0.717) is 6.54 Å². The summed E-state index contributed by atoms with van der Waals surface area (Å²) >= 11 is 1.50. The molecular weight excluding hydrogens is 376 g/mol. The first kappa shape index (κ1) is 19.2. The number of carbonyl (C=O) groups excluding carboxylic acids is 1. The first-order chi connectivity index (χ1) is 14.2. The standard InChI is InChI=1S/C25H24N2OS/c1-19-11-13-21(14-12-19)22-18-29-24(23(22)27-16-5-6-17-27)25(28)26-15-7-10-20-8-3-2-4-9-20/h2-6,8-9,11-14,16-18H,7,10,15H2,1H3,(H,26,28). The number of benzene rings is 2. The minimum Gasteiger partial charge on any atom is -0.351 e. The summed E-state index contributed by atoms with van der Waals surface area (Å²) in [6.45, 7) is 2.75. The predicted octanol–water partition coefficient (Wildman–Crippen LogP) is 5.88. The molecule has 0 aliphatic rings. The second-order valence-corrected chi connectivity index (χ2v) is 8.01. The fourth-order valence-corrected chi connectivity index (χ4v) is 4.40. The van der Waals surface area contributed by atoms with Crippen molar-refractivity contribution in [3.05, 3.63) is 101 Å². The summed E-state index contributed by atoms with van der Waals surface area (Å²) in [4.78, 5) is 13.7. The Balaban J connectivity index is 1.52. The number of hydrogen-bond acceptors (Lipinski definition) is 2. The van der Waals surface area contributed by atoms with Gasteiger partial charge in [-0.1, -0.05) is 60.2 Å². The van der Waals surface area contributed by atoms with Crippen LogP contribution < -0.4 is 5.32 Å². The van der Waals surface area contributed by atoms with Crippen LogP contribution in [0.4, 0.5) is 0 Å². The summed E-state index contributed by atoms with van der Waals surface area (Å²) < 4.78 is 2.03. The number of rotatable bonds is 7. The largest absolute Gasteiger partial charge is 0.351 e. The van der Waals surface area contributed by atoms with Crippen LogP contribution in [0.3, 0.4) is 0 Å². The van der Waals surface area contributed by atoms with Crippen LogP contribution in [-0.2, 0) is 6.42 Å². The second-order valence-electron chi connectivity index (χ2n) is 7.13. The van der Waals surface area contributed by atoms with E-state index in [1.807, 2.05) is 35.2 Å². The summed E-state index contributed by atoms with van der Waals surface area (Å²) in [5.74, 6) is -0.00915. The van der Waals surface area contributed by atoms with Crippen LogP contribution in [0, 0.1) is 6.92 Å². The molecule has 146 valence electrons. The topological polar surface area (TPSA) is 34.0 Å². The highest BCUT2D eigenvalue weighted by Gasteiger charge is 2.20. The van der Waals surface area contributed by atoms with Crippen LogP contribution in [0.2, 0.25) is 0 Å². The van der Waals surface area contributed by atoms with Gasteiger partial charge in [-0.15, -0.1) is 11.3 Å². The predicted molar refractivity (Wildman–Crippen MR) is 121 cm³/mol.